The van der Waals surface area contributed by atoms with Crippen molar-refractivity contribution in [2.45, 2.75) is 24.3 Å². The Bertz CT molecular complexity index is 584. The van der Waals surface area contributed by atoms with Gasteiger partial charge in [-0.15, -0.1) is 0 Å². The molecule has 96 valence electrons. The Kier molecular flexibility index (Phi) is 3.66. The first kappa shape index (κ1) is 13.0. The second-order valence-corrected chi connectivity index (χ2v) is 6.09. The number of benzene rings is 1. The van der Waals surface area contributed by atoms with Gasteiger partial charge in [0.2, 0.25) is 10.0 Å². The van der Waals surface area contributed by atoms with E-state index in [0.29, 0.717) is 17.7 Å². The number of nitrogens with one attached hydrogen (secondary N) is 2. The highest BCUT2D eigenvalue weighted by molar-refractivity contribution is 7.89. The molecule has 0 bridgehead atoms. The molecule has 1 aromatic carbocycles. The molecule has 1 aliphatic rings. The summed E-state index contributed by atoms with van der Waals surface area (Å²) >= 11 is 0. The van der Waals surface area contributed by atoms with Gasteiger partial charge in [0.1, 0.15) is 0 Å². The van der Waals surface area contributed by atoms with E-state index >= 15 is 0 Å². The zero-order valence-corrected chi connectivity index (χ0v) is 10.9. The van der Waals surface area contributed by atoms with E-state index in [-0.39, 0.29) is 10.9 Å². The van der Waals surface area contributed by atoms with E-state index in [4.69, 9.17) is 5.26 Å². The molecule has 1 aliphatic heterocycles. The molecule has 0 saturated carbocycles. The van der Waals surface area contributed by atoms with Crippen molar-refractivity contribution >= 4 is 10.0 Å². The average molecular weight is 265 g/mol. The predicted molar refractivity (Wildman–Crippen MR) is 67.5 cm³/mol. The van der Waals surface area contributed by atoms with Gasteiger partial charge in [-0.25, -0.2) is 13.1 Å². The lowest BCUT2D eigenvalue weighted by atomic mass is 10.2. The molecule has 2 N–H and O–H groups in total. The second kappa shape index (κ2) is 5.06. The van der Waals surface area contributed by atoms with E-state index in [1.54, 1.807) is 19.1 Å². The summed E-state index contributed by atoms with van der Waals surface area (Å²) in [6.07, 6.45) is 0.788. The maximum atomic E-state index is 12.2. The van der Waals surface area contributed by atoms with Crippen LogP contribution in [0.3, 0.4) is 0 Å². The molecule has 0 spiro atoms. The first-order chi connectivity index (χ1) is 8.53. The van der Waals surface area contributed by atoms with Crippen LogP contribution in [0.2, 0.25) is 0 Å². The molecule has 0 radical (unpaired) electrons. The minimum Gasteiger partial charge on any atom is -0.315 e. The van der Waals surface area contributed by atoms with Gasteiger partial charge in [-0.3, -0.25) is 0 Å². The second-order valence-electron chi connectivity index (χ2n) is 4.40. The third kappa shape index (κ3) is 2.70. The zero-order chi connectivity index (χ0) is 13.2. The van der Waals surface area contributed by atoms with E-state index in [0.717, 1.165) is 13.0 Å². The van der Waals surface area contributed by atoms with Gasteiger partial charge < -0.3 is 5.32 Å². The average Bonchev–Trinajstić information content (AvgIpc) is 2.81. The number of aryl methyl sites for hydroxylation is 1. The van der Waals surface area contributed by atoms with E-state index < -0.39 is 10.0 Å². The lowest BCUT2D eigenvalue weighted by Gasteiger charge is -2.13. The molecular weight excluding hydrogens is 250 g/mol. The Morgan fingerprint density at radius 3 is 2.89 bits per heavy atom. The van der Waals surface area contributed by atoms with Crippen LogP contribution in [0.4, 0.5) is 0 Å². The van der Waals surface area contributed by atoms with Crippen LogP contribution in [0.1, 0.15) is 17.5 Å². The van der Waals surface area contributed by atoms with Crippen LogP contribution in [0, 0.1) is 18.3 Å². The molecule has 1 saturated heterocycles. The first-order valence-corrected chi connectivity index (χ1v) is 7.25. The largest absolute Gasteiger partial charge is 0.315 e. The Labute approximate surface area is 107 Å². The standard InChI is InChI=1S/C12H15N3O2S/c1-9-2-3-10(7-13)6-12(9)18(16,17)15-11-4-5-14-8-11/h2-3,6,11,14-15H,4-5,8H2,1H3/t11-/m0/s1. The Balaban J connectivity index is 2.31. The summed E-state index contributed by atoms with van der Waals surface area (Å²) in [6.45, 7) is 3.20. The van der Waals surface area contributed by atoms with Gasteiger partial charge in [0, 0.05) is 12.6 Å². The molecule has 0 aromatic heterocycles. The third-order valence-electron chi connectivity index (χ3n) is 2.99. The number of nitriles is 1. The number of nitrogens with zero attached hydrogens (tertiary/aromatic N) is 1. The number of sulfonamides is 1. The van der Waals surface area contributed by atoms with Crippen LogP contribution in [0.5, 0.6) is 0 Å². The van der Waals surface area contributed by atoms with Gasteiger partial charge in [-0.1, -0.05) is 6.07 Å². The number of hydrogen-bond acceptors (Lipinski definition) is 4. The maximum absolute atomic E-state index is 12.2. The summed E-state index contributed by atoms with van der Waals surface area (Å²) in [5.74, 6) is 0. The lowest BCUT2D eigenvalue weighted by molar-refractivity contribution is 0.559. The highest BCUT2D eigenvalue weighted by atomic mass is 32.2. The van der Waals surface area contributed by atoms with Gasteiger partial charge in [-0.2, -0.15) is 5.26 Å². The molecule has 18 heavy (non-hydrogen) atoms. The molecule has 0 unspecified atom stereocenters. The smallest absolute Gasteiger partial charge is 0.241 e. The highest BCUT2D eigenvalue weighted by Gasteiger charge is 2.24. The van der Waals surface area contributed by atoms with Crippen LogP contribution >= 0.6 is 0 Å². The highest BCUT2D eigenvalue weighted by Crippen LogP contribution is 2.17. The topological polar surface area (TPSA) is 82.0 Å². The van der Waals surface area contributed by atoms with Crippen molar-refractivity contribution in [2.75, 3.05) is 13.1 Å². The first-order valence-electron chi connectivity index (χ1n) is 5.77. The molecule has 0 aliphatic carbocycles. The van der Waals surface area contributed by atoms with E-state index in [1.165, 1.54) is 6.07 Å². The lowest BCUT2D eigenvalue weighted by Crippen LogP contribution is -2.36. The minimum absolute atomic E-state index is 0.0693. The molecule has 0 amide bonds. The quantitative estimate of drug-likeness (QED) is 0.834. The van der Waals surface area contributed by atoms with Crippen molar-refractivity contribution in [3.05, 3.63) is 29.3 Å². The van der Waals surface area contributed by atoms with Crippen molar-refractivity contribution < 1.29 is 8.42 Å². The fourth-order valence-electron chi connectivity index (χ4n) is 2.00. The van der Waals surface area contributed by atoms with Crippen LogP contribution in [0.25, 0.3) is 0 Å². The SMILES string of the molecule is Cc1ccc(C#N)cc1S(=O)(=O)N[C@H]1CCNC1. The predicted octanol–water partition coefficient (Wildman–Crippen LogP) is 0.507. The molecule has 2 rings (SSSR count). The summed E-state index contributed by atoms with van der Waals surface area (Å²) in [5.41, 5.74) is 0.998. The molecule has 6 heteroatoms. The Morgan fingerprint density at radius 2 is 2.28 bits per heavy atom. The minimum atomic E-state index is -3.55. The number of rotatable bonds is 3. The maximum Gasteiger partial charge on any atom is 0.241 e. The fourth-order valence-corrected chi connectivity index (χ4v) is 3.54. The van der Waals surface area contributed by atoms with Crippen molar-refractivity contribution in [1.82, 2.24) is 10.0 Å². The molecular formula is C12H15N3O2S. The van der Waals surface area contributed by atoms with E-state index in [1.807, 2.05) is 6.07 Å². The molecule has 1 aromatic rings. The number of hydrogen-bond donors (Lipinski definition) is 2. The summed E-state index contributed by atoms with van der Waals surface area (Å²) in [7, 11) is -3.55. The Hall–Kier alpha value is -1.42. The van der Waals surface area contributed by atoms with Crippen molar-refractivity contribution in [3.63, 3.8) is 0 Å². The summed E-state index contributed by atoms with van der Waals surface area (Å²) < 4.78 is 27.1. The van der Waals surface area contributed by atoms with Gasteiger partial charge in [0.15, 0.2) is 0 Å². The van der Waals surface area contributed by atoms with Gasteiger partial charge >= 0.3 is 0 Å². The summed E-state index contributed by atoms with van der Waals surface area (Å²) in [6, 6.07) is 6.57. The molecule has 5 nitrogen and oxygen atoms in total. The Morgan fingerprint density at radius 1 is 1.50 bits per heavy atom. The van der Waals surface area contributed by atoms with Gasteiger partial charge in [0.05, 0.1) is 16.5 Å². The normalized spacial score (nSPS) is 19.7. The monoisotopic (exact) mass is 265 g/mol. The van der Waals surface area contributed by atoms with Crippen LogP contribution < -0.4 is 10.0 Å². The van der Waals surface area contributed by atoms with Gasteiger partial charge in [0.25, 0.3) is 0 Å². The van der Waals surface area contributed by atoms with Crippen LogP contribution in [-0.2, 0) is 10.0 Å². The summed E-state index contributed by atoms with van der Waals surface area (Å²) in [4.78, 5) is 0.188. The summed E-state index contributed by atoms with van der Waals surface area (Å²) in [5, 5.41) is 11.9. The van der Waals surface area contributed by atoms with E-state index in [2.05, 4.69) is 10.0 Å². The van der Waals surface area contributed by atoms with E-state index in [9.17, 15) is 8.42 Å². The molecule has 1 atom stereocenters. The van der Waals surface area contributed by atoms with Crippen molar-refractivity contribution in [1.29, 1.82) is 5.26 Å². The van der Waals surface area contributed by atoms with Crippen LogP contribution in [0.15, 0.2) is 23.1 Å². The molecule has 1 fully saturated rings. The van der Waals surface area contributed by atoms with Crippen LogP contribution in [-0.4, -0.2) is 27.5 Å². The van der Waals surface area contributed by atoms with Crippen molar-refractivity contribution in [3.8, 4) is 6.07 Å². The molecule has 1 heterocycles. The third-order valence-corrected chi connectivity index (χ3v) is 4.65. The van der Waals surface area contributed by atoms with Gasteiger partial charge in [-0.05, 0) is 37.6 Å². The zero-order valence-electron chi connectivity index (χ0n) is 10.1. The fraction of sp³-hybridized carbons (Fsp3) is 0.417. The van der Waals surface area contributed by atoms with Crippen molar-refractivity contribution in [2.24, 2.45) is 0 Å².